The van der Waals surface area contributed by atoms with E-state index in [1.807, 2.05) is 0 Å². The molecule has 14 heavy (non-hydrogen) atoms. The van der Waals surface area contributed by atoms with Gasteiger partial charge in [-0.2, -0.15) is 0 Å². The second-order valence-corrected chi connectivity index (χ2v) is 3.71. The Morgan fingerprint density at radius 1 is 1.43 bits per heavy atom. The molecule has 0 spiro atoms. The number of ether oxygens (including phenoxy) is 1. The maximum absolute atomic E-state index is 12.8. The zero-order chi connectivity index (χ0) is 10.3. The summed E-state index contributed by atoms with van der Waals surface area (Å²) in [6, 6.07) is 4.04. The average molecular weight is 195 g/mol. The van der Waals surface area contributed by atoms with E-state index in [0.717, 1.165) is 0 Å². The highest BCUT2D eigenvalue weighted by atomic mass is 19.1. The summed E-state index contributed by atoms with van der Waals surface area (Å²) in [7, 11) is 0. The molecule has 0 saturated carbocycles. The van der Waals surface area contributed by atoms with Gasteiger partial charge in [-0.05, 0) is 26.0 Å². The van der Waals surface area contributed by atoms with Crippen molar-refractivity contribution in [2.24, 2.45) is 0 Å². The van der Waals surface area contributed by atoms with Crippen molar-refractivity contribution >= 4 is 11.6 Å². The van der Waals surface area contributed by atoms with Gasteiger partial charge in [0.1, 0.15) is 11.6 Å². The molecule has 1 aliphatic heterocycles. The van der Waals surface area contributed by atoms with Crippen molar-refractivity contribution < 1.29 is 13.9 Å². The van der Waals surface area contributed by atoms with Crippen molar-refractivity contribution in [3.8, 4) is 5.75 Å². The molecule has 0 bridgehead atoms. The molecule has 1 amide bonds. The highest BCUT2D eigenvalue weighted by molar-refractivity contribution is 6.00. The minimum atomic E-state index is -0.898. The van der Waals surface area contributed by atoms with Crippen LogP contribution in [0.5, 0.6) is 5.75 Å². The number of rotatable bonds is 0. The molecule has 0 saturated heterocycles. The minimum absolute atomic E-state index is 0.268. The van der Waals surface area contributed by atoms with Crippen molar-refractivity contribution in [2.75, 3.05) is 5.32 Å². The second-order valence-electron chi connectivity index (χ2n) is 3.71. The van der Waals surface area contributed by atoms with Gasteiger partial charge in [-0.15, -0.1) is 0 Å². The van der Waals surface area contributed by atoms with Crippen molar-refractivity contribution in [1.82, 2.24) is 0 Å². The lowest BCUT2D eigenvalue weighted by Crippen LogP contribution is -2.45. The fourth-order valence-electron chi connectivity index (χ4n) is 1.28. The number of hydrogen-bond donors (Lipinski definition) is 1. The standard InChI is InChI=1S/C10H10FNO2/c1-10(2)9(13)12-7-5-6(11)3-4-8(7)14-10/h3-5H,1-2H3,(H,12,13). The number of amides is 1. The summed E-state index contributed by atoms with van der Waals surface area (Å²) >= 11 is 0. The Labute approximate surface area is 80.9 Å². The molecule has 1 aromatic rings. The van der Waals surface area contributed by atoms with Crippen LogP contribution in [0.3, 0.4) is 0 Å². The lowest BCUT2D eigenvalue weighted by atomic mass is 10.1. The fourth-order valence-corrected chi connectivity index (χ4v) is 1.28. The largest absolute Gasteiger partial charge is 0.476 e. The van der Waals surface area contributed by atoms with Crippen LogP contribution in [0.1, 0.15) is 13.8 Å². The molecule has 0 aliphatic carbocycles. The molecule has 1 aromatic carbocycles. The maximum Gasteiger partial charge on any atom is 0.268 e. The zero-order valence-electron chi connectivity index (χ0n) is 7.93. The van der Waals surface area contributed by atoms with E-state index in [2.05, 4.69) is 5.32 Å². The van der Waals surface area contributed by atoms with Crippen molar-refractivity contribution in [3.63, 3.8) is 0 Å². The van der Waals surface area contributed by atoms with Crippen LogP contribution >= 0.6 is 0 Å². The molecule has 1 heterocycles. The van der Waals surface area contributed by atoms with Crippen molar-refractivity contribution in [1.29, 1.82) is 0 Å². The first-order chi connectivity index (χ1) is 6.49. The van der Waals surface area contributed by atoms with Gasteiger partial charge in [0, 0.05) is 6.07 Å². The first kappa shape index (κ1) is 8.99. The van der Waals surface area contributed by atoms with E-state index in [4.69, 9.17) is 4.74 Å². The van der Waals surface area contributed by atoms with Gasteiger partial charge < -0.3 is 10.1 Å². The second kappa shape index (κ2) is 2.70. The quantitative estimate of drug-likeness (QED) is 0.687. The highest BCUT2D eigenvalue weighted by Crippen LogP contribution is 2.33. The number of carbonyl (C=O) groups excluding carboxylic acids is 1. The SMILES string of the molecule is CC1(C)Oc2ccc(F)cc2NC1=O. The summed E-state index contributed by atoms with van der Waals surface area (Å²) < 4.78 is 18.2. The molecule has 1 aliphatic rings. The van der Waals surface area contributed by atoms with E-state index < -0.39 is 11.4 Å². The Bertz CT molecular complexity index is 401. The highest BCUT2D eigenvalue weighted by Gasteiger charge is 2.35. The summed E-state index contributed by atoms with van der Waals surface area (Å²) in [5, 5.41) is 2.59. The molecule has 1 N–H and O–H groups in total. The Hall–Kier alpha value is -1.58. The van der Waals surface area contributed by atoms with Gasteiger partial charge in [0.05, 0.1) is 5.69 Å². The summed E-state index contributed by atoms with van der Waals surface area (Å²) in [6.07, 6.45) is 0. The molecule has 4 heteroatoms. The summed E-state index contributed by atoms with van der Waals surface area (Å²) in [5.41, 5.74) is -0.514. The normalized spacial score (nSPS) is 18.1. The number of halogens is 1. The summed E-state index contributed by atoms with van der Waals surface area (Å²) in [5.74, 6) is -0.168. The molecule has 74 valence electrons. The molecule has 0 radical (unpaired) electrons. The Morgan fingerprint density at radius 2 is 2.14 bits per heavy atom. The van der Waals surface area contributed by atoms with Gasteiger partial charge in [0.15, 0.2) is 5.60 Å². The Morgan fingerprint density at radius 3 is 2.86 bits per heavy atom. The minimum Gasteiger partial charge on any atom is -0.476 e. The summed E-state index contributed by atoms with van der Waals surface area (Å²) in [6.45, 7) is 3.32. The number of fused-ring (bicyclic) bond motifs is 1. The molecular weight excluding hydrogens is 185 g/mol. The van der Waals surface area contributed by atoms with Gasteiger partial charge in [-0.25, -0.2) is 4.39 Å². The molecular formula is C10H10FNO2. The van der Waals surface area contributed by atoms with E-state index >= 15 is 0 Å². The van der Waals surface area contributed by atoms with Crippen LogP contribution in [-0.4, -0.2) is 11.5 Å². The van der Waals surface area contributed by atoms with Gasteiger partial charge in [0.2, 0.25) is 0 Å². The van der Waals surface area contributed by atoms with Crippen LogP contribution in [0.2, 0.25) is 0 Å². The number of anilines is 1. The zero-order valence-corrected chi connectivity index (χ0v) is 7.93. The maximum atomic E-state index is 12.8. The Kier molecular flexibility index (Phi) is 1.74. The first-order valence-electron chi connectivity index (χ1n) is 4.29. The number of carbonyl (C=O) groups is 1. The molecule has 2 rings (SSSR count). The third kappa shape index (κ3) is 1.32. The molecule has 0 atom stereocenters. The smallest absolute Gasteiger partial charge is 0.268 e. The number of benzene rings is 1. The average Bonchev–Trinajstić information content (AvgIpc) is 2.08. The topological polar surface area (TPSA) is 38.3 Å². The van der Waals surface area contributed by atoms with E-state index in [0.29, 0.717) is 11.4 Å². The monoisotopic (exact) mass is 195 g/mol. The Balaban J connectivity index is 2.46. The van der Waals surface area contributed by atoms with E-state index in [-0.39, 0.29) is 5.91 Å². The lowest BCUT2D eigenvalue weighted by Gasteiger charge is -2.31. The van der Waals surface area contributed by atoms with Gasteiger partial charge >= 0.3 is 0 Å². The lowest BCUT2D eigenvalue weighted by molar-refractivity contribution is -0.129. The molecule has 0 fully saturated rings. The first-order valence-corrected chi connectivity index (χ1v) is 4.29. The fraction of sp³-hybridized carbons (Fsp3) is 0.300. The van der Waals surface area contributed by atoms with E-state index in [1.165, 1.54) is 18.2 Å². The summed E-state index contributed by atoms with van der Waals surface area (Å²) in [4.78, 5) is 11.4. The predicted molar refractivity (Wildman–Crippen MR) is 49.7 cm³/mol. The van der Waals surface area contributed by atoms with Crippen LogP contribution in [0.4, 0.5) is 10.1 Å². The van der Waals surface area contributed by atoms with E-state index in [9.17, 15) is 9.18 Å². The van der Waals surface area contributed by atoms with Gasteiger partial charge in [-0.1, -0.05) is 0 Å². The van der Waals surface area contributed by atoms with Crippen LogP contribution in [-0.2, 0) is 4.79 Å². The van der Waals surface area contributed by atoms with Crippen LogP contribution in [0, 0.1) is 5.82 Å². The number of nitrogens with one attached hydrogen (secondary N) is 1. The molecule has 3 nitrogen and oxygen atoms in total. The van der Waals surface area contributed by atoms with Crippen molar-refractivity contribution in [3.05, 3.63) is 24.0 Å². The molecule has 0 unspecified atom stereocenters. The van der Waals surface area contributed by atoms with Gasteiger partial charge in [0.25, 0.3) is 5.91 Å². The van der Waals surface area contributed by atoms with Crippen LogP contribution in [0.15, 0.2) is 18.2 Å². The van der Waals surface area contributed by atoms with Crippen LogP contribution in [0.25, 0.3) is 0 Å². The third-order valence-corrected chi connectivity index (χ3v) is 2.10. The van der Waals surface area contributed by atoms with E-state index in [1.54, 1.807) is 13.8 Å². The third-order valence-electron chi connectivity index (χ3n) is 2.10. The van der Waals surface area contributed by atoms with Gasteiger partial charge in [-0.3, -0.25) is 4.79 Å². The van der Waals surface area contributed by atoms with Crippen LogP contribution < -0.4 is 10.1 Å². The number of hydrogen-bond acceptors (Lipinski definition) is 2. The van der Waals surface area contributed by atoms with Crippen molar-refractivity contribution in [2.45, 2.75) is 19.4 Å². The molecule has 0 aromatic heterocycles. The predicted octanol–water partition coefficient (Wildman–Crippen LogP) is 1.94.